The number of carbonyl (C=O) groups is 1. The number of aromatic nitrogens is 4. The largest absolute Gasteiger partial charge is 0.444 e. The summed E-state index contributed by atoms with van der Waals surface area (Å²) in [5.74, 6) is 0.508. The van der Waals surface area contributed by atoms with Gasteiger partial charge in [0.15, 0.2) is 0 Å². The van der Waals surface area contributed by atoms with Gasteiger partial charge in [-0.15, -0.1) is 0 Å². The Morgan fingerprint density at radius 2 is 1.72 bits per heavy atom. The summed E-state index contributed by atoms with van der Waals surface area (Å²) >= 11 is 0. The van der Waals surface area contributed by atoms with E-state index in [2.05, 4.69) is 25.3 Å². The zero-order valence-electron chi connectivity index (χ0n) is 27.0. The highest BCUT2D eigenvalue weighted by Crippen LogP contribution is 2.30. The Balaban J connectivity index is 1.29. The molecule has 14 heteroatoms. The number of fused-ring (bicyclic) bond motifs is 1. The highest BCUT2D eigenvalue weighted by molar-refractivity contribution is 7.92. The number of hydrogen-bond donors (Lipinski definition) is 3. The third-order valence-corrected chi connectivity index (χ3v) is 9.26. The fourth-order valence-corrected chi connectivity index (χ4v) is 6.82. The van der Waals surface area contributed by atoms with E-state index in [9.17, 15) is 22.0 Å². The van der Waals surface area contributed by atoms with Gasteiger partial charge in [-0.2, -0.15) is 0 Å². The van der Waals surface area contributed by atoms with Crippen LogP contribution in [-0.2, 0) is 21.2 Å². The minimum atomic E-state index is -4.30. The molecule has 1 amide bonds. The first-order valence-corrected chi connectivity index (χ1v) is 17.0. The fraction of sp³-hybridized carbons (Fsp3) is 0.424. The number of sulfonamides is 1. The van der Waals surface area contributed by atoms with Crippen LogP contribution < -0.4 is 15.4 Å². The van der Waals surface area contributed by atoms with Crippen molar-refractivity contribution in [3.05, 3.63) is 65.5 Å². The van der Waals surface area contributed by atoms with Crippen molar-refractivity contribution in [3.63, 3.8) is 0 Å². The Kier molecular flexibility index (Phi) is 9.89. The van der Waals surface area contributed by atoms with Crippen molar-refractivity contribution in [1.82, 2.24) is 25.3 Å². The highest BCUT2D eigenvalue weighted by Gasteiger charge is 2.26. The lowest BCUT2D eigenvalue weighted by Gasteiger charge is -2.30. The Morgan fingerprint density at radius 1 is 1.02 bits per heavy atom. The number of rotatable bonds is 9. The summed E-state index contributed by atoms with van der Waals surface area (Å²) in [4.78, 5) is 30.1. The fourth-order valence-electron chi connectivity index (χ4n) is 5.59. The van der Waals surface area contributed by atoms with E-state index in [4.69, 9.17) is 14.7 Å². The van der Waals surface area contributed by atoms with Gasteiger partial charge >= 0.3 is 6.09 Å². The van der Waals surface area contributed by atoms with Gasteiger partial charge in [-0.05, 0) is 89.6 Å². The Bertz CT molecular complexity index is 1880. The molecule has 0 unspecified atom stereocenters. The summed E-state index contributed by atoms with van der Waals surface area (Å²) in [6.45, 7) is 9.26. The quantitative estimate of drug-likeness (QED) is 0.173. The lowest BCUT2D eigenvalue weighted by molar-refractivity contribution is 0.0492. The van der Waals surface area contributed by atoms with Gasteiger partial charge in [0.25, 0.3) is 16.4 Å². The van der Waals surface area contributed by atoms with Gasteiger partial charge in [0.1, 0.15) is 16.9 Å². The Labute approximate surface area is 273 Å². The standard InChI is InChI=1S/C33H39F2N7O4S/c1-6-20-17-25(23-15-16-28(37-19(23)2)42-47(44,45)27-10-8-7-9-24(27)30(34)35)40-26-18-36-31(41-29(20)26)38-21-11-13-22(14-12-21)39-32(43)46-33(3,4)5/h7-10,15-18,21-22,30H,6,11-14H2,1-5H3,(H,37,42)(H,39,43)(H,36,38,41)/t21-,22-. The summed E-state index contributed by atoms with van der Waals surface area (Å²) in [6, 6.07) is 10.3. The molecule has 1 aliphatic carbocycles. The maximum atomic E-state index is 13.4. The van der Waals surface area contributed by atoms with E-state index in [1.54, 1.807) is 19.2 Å². The SMILES string of the molecule is CCc1cc(-c2ccc(NS(=O)(=O)c3ccccc3C(F)F)nc2C)nc2cnc(N[C@H]3CC[C@H](NC(=O)OC(C)(C)C)CC3)nc12. The average Bonchev–Trinajstić information content (AvgIpc) is 3.00. The number of nitrogens with one attached hydrogen (secondary N) is 3. The third-order valence-electron chi connectivity index (χ3n) is 7.83. The van der Waals surface area contributed by atoms with Crippen LogP contribution in [0.4, 0.5) is 25.3 Å². The first-order chi connectivity index (χ1) is 22.2. The van der Waals surface area contributed by atoms with Crippen molar-refractivity contribution in [2.75, 3.05) is 10.0 Å². The smallest absolute Gasteiger partial charge is 0.407 e. The molecule has 4 aromatic rings. The van der Waals surface area contributed by atoms with E-state index in [1.807, 2.05) is 33.8 Å². The van der Waals surface area contributed by atoms with Crippen LogP contribution in [0.25, 0.3) is 22.3 Å². The van der Waals surface area contributed by atoms with Gasteiger partial charge in [-0.3, -0.25) is 4.72 Å². The second-order valence-corrected chi connectivity index (χ2v) is 14.2. The van der Waals surface area contributed by atoms with Crippen LogP contribution >= 0.6 is 0 Å². The molecule has 3 aromatic heterocycles. The first-order valence-electron chi connectivity index (χ1n) is 15.5. The van der Waals surface area contributed by atoms with Crippen LogP contribution in [-0.4, -0.2) is 52.1 Å². The maximum absolute atomic E-state index is 13.4. The summed E-state index contributed by atoms with van der Waals surface area (Å²) in [6.07, 6.45) is 2.32. The number of hydrogen-bond acceptors (Lipinski definition) is 9. The van der Waals surface area contributed by atoms with Crippen molar-refractivity contribution in [2.45, 2.75) is 95.7 Å². The molecule has 0 atom stereocenters. The molecule has 1 fully saturated rings. The molecule has 0 bridgehead atoms. The van der Waals surface area contributed by atoms with Gasteiger partial charge in [0.2, 0.25) is 5.95 Å². The zero-order chi connectivity index (χ0) is 33.9. The molecule has 1 aromatic carbocycles. The number of halogens is 2. The number of amides is 1. The Morgan fingerprint density at radius 3 is 2.38 bits per heavy atom. The van der Waals surface area contributed by atoms with Gasteiger partial charge < -0.3 is 15.4 Å². The van der Waals surface area contributed by atoms with E-state index >= 15 is 0 Å². The molecule has 0 aliphatic heterocycles. The van der Waals surface area contributed by atoms with Crippen molar-refractivity contribution < 1.29 is 26.7 Å². The van der Waals surface area contributed by atoms with Gasteiger partial charge in [-0.1, -0.05) is 25.1 Å². The number of carbonyl (C=O) groups excluding carboxylic acids is 1. The second kappa shape index (κ2) is 13.7. The van der Waals surface area contributed by atoms with E-state index in [1.165, 1.54) is 18.2 Å². The molecule has 47 heavy (non-hydrogen) atoms. The minimum Gasteiger partial charge on any atom is -0.444 e. The number of nitrogens with zero attached hydrogens (tertiary/aromatic N) is 4. The maximum Gasteiger partial charge on any atom is 0.407 e. The van der Waals surface area contributed by atoms with Crippen LogP contribution in [0.2, 0.25) is 0 Å². The highest BCUT2D eigenvalue weighted by atomic mass is 32.2. The summed E-state index contributed by atoms with van der Waals surface area (Å²) in [7, 11) is -4.30. The average molecular weight is 668 g/mol. The molecule has 11 nitrogen and oxygen atoms in total. The molecule has 3 heterocycles. The van der Waals surface area contributed by atoms with E-state index in [0.29, 0.717) is 34.8 Å². The lowest BCUT2D eigenvalue weighted by Crippen LogP contribution is -2.42. The number of benzene rings is 1. The molecule has 3 N–H and O–H groups in total. The summed E-state index contributed by atoms with van der Waals surface area (Å²) in [5, 5.41) is 6.40. The van der Waals surface area contributed by atoms with Gasteiger partial charge in [0, 0.05) is 28.9 Å². The number of anilines is 2. The van der Waals surface area contributed by atoms with Crippen molar-refractivity contribution in [3.8, 4) is 11.3 Å². The van der Waals surface area contributed by atoms with Crippen LogP contribution in [0.3, 0.4) is 0 Å². The van der Waals surface area contributed by atoms with Crippen molar-refractivity contribution >= 4 is 38.9 Å². The first kappa shape index (κ1) is 33.9. The molecule has 1 aliphatic rings. The normalized spacial score (nSPS) is 17.0. The van der Waals surface area contributed by atoms with E-state index in [-0.39, 0.29) is 17.9 Å². The molecule has 0 radical (unpaired) electrons. The van der Waals surface area contributed by atoms with Crippen LogP contribution in [0, 0.1) is 6.92 Å². The topological polar surface area (TPSA) is 148 Å². The number of pyridine rings is 2. The molecule has 250 valence electrons. The van der Waals surface area contributed by atoms with Gasteiger partial charge in [-0.25, -0.2) is 41.9 Å². The predicted octanol–water partition coefficient (Wildman–Crippen LogP) is 6.94. The molecule has 1 saturated carbocycles. The van der Waals surface area contributed by atoms with Crippen LogP contribution in [0.15, 0.2) is 53.6 Å². The third kappa shape index (κ3) is 8.28. The number of alkyl carbamates (subject to hydrolysis) is 1. The van der Waals surface area contributed by atoms with Crippen LogP contribution in [0.5, 0.6) is 0 Å². The molecule has 0 spiro atoms. The van der Waals surface area contributed by atoms with Crippen LogP contribution in [0.1, 0.15) is 76.6 Å². The monoisotopic (exact) mass is 667 g/mol. The number of alkyl halides is 2. The predicted molar refractivity (Wildman–Crippen MR) is 176 cm³/mol. The Hall–Kier alpha value is -4.46. The minimum absolute atomic E-state index is 0.000489. The summed E-state index contributed by atoms with van der Waals surface area (Å²) in [5.41, 5.74) is 2.95. The van der Waals surface area contributed by atoms with Crippen molar-refractivity contribution in [1.29, 1.82) is 0 Å². The zero-order valence-corrected chi connectivity index (χ0v) is 27.8. The lowest BCUT2D eigenvalue weighted by atomic mass is 9.91. The van der Waals surface area contributed by atoms with E-state index < -0.39 is 38.6 Å². The molecular weight excluding hydrogens is 628 g/mol. The van der Waals surface area contributed by atoms with Crippen molar-refractivity contribution in [2.24, 2.45) is 0 Å². The number of ether oxygens (including phenoxy) is 1. The van der Waals surface area contributed by atoms with Gasteiger partial charge in [0.05, 0.1) is 22.3 Å². The number of aryl methyl sites for hydroxylation is 2. The second-order valence-electron chi connectivity index (χ2n) is 12.6. The molecule has 0 saturated heterocycles. The molecular formula is C33H39F2N7O4S. The molecule has 5 rings (SSSR count). The summed E-state index contributed by atoms with van der Waals surface area (Å²) < 4.78 is 60.5. The van der Waals surface area contributed by atoms with E-state index in [0.717, 1.165) is 48.9 Å².